The van der Waals surface area contributed by atoms with E-state index in [0.29, 0.717) is 24.5 Å². The molecule has 1 N–H and O–H groups in total. The van der Waals surface area contributed by atoms with Crippen molar-refractivity contribution in [3.63, 3.8) is 0 Å². The van der Waals surface area contributed by atoms with Crippen molar-refractivity contribution in [1.82, 2.24) is 19.7 Å². The summed E-state index contributed by atoms with van der Waals surface area (Å²) in [6, 6.07) is 6.13. The maximum Gasteiger partial charge on any atom is 0.346 e. The number of nitrogens with zero attached hydrogens (tertiary/aromatic N) is 3. The van der Waals surface area contributed by atoms with Crippen molar-refractivity contribution in [3.8, 4) is 11.4 Å². The van der Waals surface area contributed by atoms with Gasteiger partial charge >= 0.3 is 5.69 Å². The molecule has 0 bridgehead atoms. The van der Waals surface area contributed by atoms with E-state index in [0.717, 1.165) is 12.8 Å². The first-order valence-electron chi connectivity index (χ1n) is 8.51. The van der Waals surface area contributed by atoms with Gasteiger partial charge in [-0.25, -0.2) is 13.9 Å². The molecule has 0 radical (unpaired) electrons. The first kappa shape index (κ1) is 17.4. The zero-order valence-electron chi connectivity index (χ0n) is 14.8. The van der Waals surface area contributed by atoms with E-state index in [2.05, 4.69) is 10.4 Å². The molecule has 0 spiro atoms. The first-order valence-corrected chi connectivity index (χ1v) is 8.51. The minimum atomic E-state index is -0.475. The summed E-state index contributed by atoms with van der Waals surface area (Å²) >= 11 is 0. The lowest BCUT2D eigenvalue weighted by Gasteiger charge is -2.17. The zero-order chi connectivity index (χ0) is 18.2. The average molecular weight is 346 g/mol. The van der Waals surface area contributed by atoms with Crippen LogP contribution in [0, 0.1) is 11.2 Å². The van der Waals surface area contributed by atoms with Crippen LogP contribution in [-0.2, 0) is 11.3 Å². The number of carbonyl (C=O) groups is 1. The third-order valence-corrected chi connectivity index (χ3v) is 4.18. The highest BCUT2D eigenvalue weighted by Gasteiger charge is 2.30. The molecule has 1 aromatic heterocycles. The van der Waals surface area contributed by atoms with E-state index in [-0.39, 0.29) is 23.5 Å². The van der Waals surface area contributed by atoms with Gasteiger partial charge in [-0.1, -0.05) is 20.8 Å². The smallest absolute Gasteiger partial charge is 0.346 e. The van der Waals surface area contributed by atoms with E-state index in [1.807, 2.05) is 20.8 Å². The third-order valence-electron chi connectivity index (χ3n) is 4.18. The number of nitrogens with one attached hydrogen (secondary N) is 1. The van der Waals surface area contributed by atoms with Gasteiger partial charge in [-0.15, -0.1) is 5.10 Å². The van der Waals surface area contributed by atoms with Crippen molar-refractivity contribution < 1.29 is 9.18 Å². The first-order chi connectivity index (χ1) is 11.8. The third kappa shape index (κ3) is 3.81. The quantitative estimate of drug-likeness (QED) is 0.903. The lowest BCUT2D eigenvalue weighted by Crippen LogP contribution is -2.38. The second-order valence-electron chi connectivity index (χ2n) is 7.44. The molecule has 1 saturated carbocycles. The van der Waals surface area contributed by atoms with E-state index in [4.69, 9.17) is 0 Å². The molecular weight excluding hydrogens is 323 g/mol. The summed E-state index contributed by atoms with van der Waals surface area (Å²) in [5.41, 5.74) is 0.0483. The molecule has 0 atom stereocenters. The molecule has 1 aromatic carbocycles. The van der Waals surface area contributed by atoms with Crippen LogP contribution in [0.3, 0.4) is 0 Å². The van der Waals surface area contributed by atoms with Gasteiger partial charge < -0.3 is 5.32 Å². The van der Waals surface area contributed by atoms with Gasteiger partial charge in [-0.05, 0) is 37.1 Å². The predicted octanol–water partition coefficient (Wildman–Crippen LogP) is 2.35. The van der Waals surface area contributed by atoms with Crippen LogP contribution in [0.25, 0.3) is 11.4 Å². The molecule has 0 aliphatic heterocycles. The Hall–Kier alpha value is -2.44. The Morgan fingerprint density at radius 2 is 1.92 bits per heavy atom. The number of rotatable bonds is 5. The van der Waals surface area contributed by atoms with Crippen LogP contribution >= 0.6 is 0 Å². The molecule has 0 saturated heterocycles. The lowest BCUT2D eigenvalue weighted by molar-refractivity contribution is -0.128. The van der Waals surface area contributed by atoms with Crippen LogP contribution in [0.4, 0.5) is 4.39 Å². The summed E-state index contributed by atoms with van der Waals surface area (Å²) in [4.78, 5) is 24.6. The highest BCUT2D eigenvalue weighted by atomic mass is 19.1. The predicted molar refractivity (Wildman–Crippen MR) is 92.6 cm³/mol. The number of amides is 1. The van der Waals surface area contributed by atoms with Crippen molar-refractivity contribution >= 4 is 5.91 Å². The van der Waals surface area contributed by atoms with E-state index in [9.17, 15) is 14.0 Å². The molecule has 7 heteroatoms. The van der Waals surface area contributed by atoms with Gasteiger partial charge in [0.25, 0.3) is 0 Å². The van der Waals surface area contributed by atoms with Crippen molar-refractivity contribution in [3.05, 3.63) is 40.6 Å². The number of hydrogen-bond donors (Lipinski definition) is 1. The van der Waals surface area contributed by atoms with E-state index in [1.165, 1.54) is 16.8 Å². The Labute approximate surface area is 145 Å². The van der Waals surface area contributed by atoms with Gasteiger partial charge in [-0.3, -0.25) is 9.36 Å². The monoisotopic (exact) mass is 346 g/mol. The lowest BCUT2D eigenvalue weighted by atomic mass is 9.96. The molecule has 1 amide bonds. The summed E-state index contributed by atoms with van der Waals surface area (Å²) < 4.78 is 16.2. The second kappa shape index (κ2) is 6.46. The molecule has 134 valence electrons. The minimum absolute atomic E-state index is 0.0686. The van der Waals surface area contributed by atoms with Crippen LogP contribution < -0.4 is 11.0 Å². The largest absolute Gasteiger partial charge is 0.354 e. The van der Waals surface area contributed by atoms with Gasteiger partial charge in [-0.2, -0.15) is 0 Å². The number of benzene rings is 1. The molecule has 6 nitrogen and oxygen atoms in total. The molecule has 25 heavy (non-hydrogen) atoms. The van der Waals surface area contributed by atoms with Crippen LogP contribution in [0.1, 0.15) is 39.7 Å². The maximum atomic E-state index is 13.2. The van der Waals surface area contributed by atoms with Crippen LogP contribution in [-0.4, -0.2) is 26.8 Å². The van der Waals surface area contributed by atoms with E-state index in [1.54, 1.807) is 16.7 Å². The molecule has 2 aromatic rings. The number of halogens is 1. The molecule has 0 unspecified atom stereocenters. The summed E-state index contributed by atoms with van der Waals surface area (Å²) in [5, 5.41) is 7.24. The van der Waals surface area contributed by atoms with Gasteiger partial charge in [0.1, 0.15) is 5.82 Å². The van der Waals surface area contributed by atoms with Crippen LogP contribution in [0.2, 0.25) is 0 Å². The summed E-state index contributed by atoms with van der Waals surface area (Å²) in [7, 11) is 0. The average Bonchev–Trinajstić information content (AvgIpc) is 3.32. The Bertz CT molecular complexity index is 826. The number of aromatic nitrogens is 3. The Kier molecular flexibility index (Phi) is 4.49. The van der Waals surface area contributed by atoms with Gasteiger partial charge in [0.15, 0.2) is 5.82 Å². The van der Waals surface area contributed by atoms with Crippen LogP contribution in [0.5, 0.6) is 0 Å². The van der Waals surface area contributed by atoms with Crippen molar-refractivity contribution in [2.45, 2.75) is 46.2 Å². The Morgan fingerprint density at radius 1 is 1.28 bits per heavy atom. The highest BCUT2D eigenvalue weighted by molar-refractivity contribution is 5.81. The summed E-state index contributed by atoms with van der Waals surface area (Å²) in [6.07, 6.45) is 1.89. The number of carbonyl (C=O) groups excluding carboxylic acids is 1. The molecule has 1 aliphatic carbocycles. The molecular formula is C18H23FN4O2. The van der Waals surface area contributed by atoms with Crippen molar-refractivity contribution in [1.29, 1.82) is 0 Å². The Morgan fingerprint density at radius 3 is 2.48 bits per heavy atom. The Balaban J connectivity index is 1.81. The van der Waals surface area contributed by atoms with Crippen LogP contribution in [0.15, 0.2) is 29.1 Å². The molecule has 3 rings (SSSR count). The van der Waals surface area contributed by atoms with E-state index < -0.39 is 5.41 Å². The van der Waals surface area contributed by atoms with Crippen molar-refractivity contribution in [2.75, 3.05) is 6.54 Å². The number of hydrogen-bond acceptors (Lipinski definition) is 3. The van der Waals surface area contributed by atoms with Gasteiger partial charge in [0.2, 0.25) is 5.91 Å². The fourth-order valence-corrected chi connectivity index (χ4v) is 2.56. The second-order valence-corrected chi connectivity index (χ2v) is 7.44. The molecule has 1 aliphatic rings. The summed E-state index contributed by atoms with van der Waals surface area (Å²) in [6.45, 7) is 6.14. The zero-order valence-corrected chi connectivity index (χ0v) is 14.8. The minimum Gasteiger partial charge on any atom is -0.354 e. The fraction of sp³-hybridized carbons (Fsp3) is 0.500. The molecule has 1 heterocycles. The fourth-order valence-electron chi connectivity index (χ4n) is 2.56. The topological polar surface area (TPSA) is 68.9 Å². The SMILES string of the molecule is CC(C)(C)C(=O)NCCn1nc(-c2ccc(F)cc2)n(C2CC2)c1=O. The summed E-state index contributed by atoms with van der Waals surface area (Å²) in [5.74, 6) is 0.156. The highest BCUT2D eigenvalue weighted by Crippen LogP contribution is 2.36. The normalized spacial score (nSPS) is 14.6. The van der Waals surface area contributed by atoms with E-state index >= 15 is 0 Å². The van der Waals surface area contributed by atoms with Gasteiger partial charge in [0, 0.05) is 23.6 Å². The standard InChI is InChI=1S/C18H23FN4O2/c1-18(2,3)16(24)20-10-11-22-17(25)23(14-8-9-14)15(21-22)12-4-6-13(19)7-5-12/h4-7,14H,8-11H2,1-3H3,(H,20,24). The van der Waals surface area contributed by atoms with Gasteiger partial charge in [0.05, 0.1) is 6.54 Å². The van der Waals surface area contributed by atoms with Crippen molar-refractivity contribution in [2.24, 2.45) is 5.41 Å². The maximum absolute atomic E-state index is 13.2. The molecule has 1 fully saturated rings.